The first-order valence-corrected chi connectivity index (χ1v) is 8.53. The fraction of sp³-hybridized carbons (Fsp3) is 0.389. The van der Waals surface area contributed by atoms with E-state index in [9.17, 15) is 4.79 Å². The molecule has 0 atom stereocenters. The number of aryl methyl sites for hydroxylation is 1. The van der Waals surface area contributed by atoms with Crippen molar-refractivity contribution in [3.63, 3.8) is 0 Å². The van der Waals surface area contributed by atoms with E-state index < -0.39 is 0 Å². The van der Waals surface area contributed by atoms with Gasteiger partial charge in [0.15, 0.2) is 0 Å². The number of anilines is 1. The first-order chi connectivity index (χ1) is 11.7. The van der Waals surface area contributed by atoms with Crippen LogP contribution in [-0.4, -0.2) is 29.5 Å². The highest BCUT2D eigenvalue weighted by Gasteiger charge is 2.11. The maximum atomic E-state index is 9.93. The molecule has 0 unspecified atom stereocenters. The van der Waals surface area contributed by atoms with Crippen LogP contribution in [0.4, 0.5) is 5.82 Å². The third-order valence-electron chi connectivity index (χ3n) is 3.80. The van der Waals surface area contributed by atoms with Gasteiger partial charge in [-0.25, -0.2) is 9.97 Å². The number of carbonyl (C=O) groups excluding carboxylic acids is 1. The lowest BCUT2D eigenvalue weighted by molar-refractivity contribution is -0.109. The molecule has 3 rings (SSSR count). The summed E-state index contributed by atoms with van der Waals surface area (Å²) in [5, 5.41) is 2.94. The van der Waals surface area contributed by atoms with Crippen LogP contribution < -0.4 is 10.2 Å². The van der Waals surface area contributed by atoms with Crippen molar-refractivity contribution in [3.8, 4) is 0 Å². The fourth-order valence-electron chi connectivity index (χ4n) is 2.49. The van der Waals surface area contributed by atoms with Crippen LogP contribution in [0.3, 0.4) is 0 Å². The standard InChI is InChI=1S/C9H12ClN3.C9H11NO/c10-9-11-5-4-8(12-9)13-6-2-1-3-7-13;1-8-2-4-9(5-3-8)6-10-7-11/h4-5H,1-3,6-7H2;2-5,7H,6H2,1H3,(H,10,11). The molecule has 1 fully saturated rings. The Morgan fingerprint density at radius 1 is 1.17 bits per heavy atom. The molecule has 1 aliphatic rings. The van der Waals surface area contributed by atoms with Gasteiger partial charge in [-0.1, -0.05) is 29.8 Å². The molecule has 2 aromatic rings. The second kappa shape index (κ2) is 9.88. The molecule has 0 aliphatic carbocycles. The van der Waals surface area contributed by atoms with Gasteiger partial charge in [0.05, 0.1) is 0 Å². The van der Waals surface area contributed by atoms with Gasteiger partial charge >= 0.3 is 0 Å². The Kier molecular flexibility index (Phi) is 7.49. The normalized spacial score (nSPS) is 13.7. The number of hydrogen-bond acceptors (Lipinski definition) is 4. The Hall–Kier alpha value is -2.14. The van der Waals surface area contributed by atoms with Crippen molar-refractivity contribution in [2.45, 2.75) is 32.7 Å². The van der Waals surface area contributed by atoms with Crippen LogP contribution >= 0.6 is 11.6 Å². The molecule has 1 aromatic heterocycles. The molecule has 1 N–H and O–H groups in total. The van der Waals surface area contributed by atoms with Crippen LogP contribution in [0.2, 0.25) is 5.28 Å². The van der Waals surface area contributed by atoms with E-state index >= 15 is 0 Å². The zero-order valence-corrected chi connectivity index (χ0v) is 14.7. The van der Waals surface area contributed by atoms with Gasteiger partial charge in [-0.2, -0.15) is 0 Å². The van der Waals surface area contributed by atoms with Crippen LogP contribution in [0.1, 0.15) is 30.4 Å². The molecule has 0 radical (unpaired) electrons. The minimum absolute atomic E-state index is 0.336. The zero-order chi connectivity index (χ0) is 17.2. The predicted molar refractivity (Wildman–Crippen MR) is 97.2 cm³/mol. The van der Waals surface area contributed by atoms with Crippen molar-refractivity contribution < 1.29 is 4.79 Å². The van der Waals surface area contributed by atoms with E-state index in [0.29, 0.717) is 18.2 Å². The number of aromatic nitrogens is 2. The van der Waals surface area contributed by atoms with Gasteiger partial charge in [0.1, 0.15) is 5.82 Å². The van der Waals surface area contributed by atoms with E-state index in [-0.39, 0.29) is 0 Å². The second-order valence-electron chi connectivity index (χ2n) is 5.72. The Labute approximate surface area is 148 Å². The van der Waals surface area contributed by atoms with Gasteiger partial charge in [-0.15, -0.1) is 0 Å². The summed E-state index contributed by atoms with van der Waals surface area (Å²) in [6, 6.07) is 9.98. The van der Waals surface area contributed by atoms with Crippen molar-refractivity contribution in [2.24, 2.45) is 0 Å². The van der Waals surface area contributed by atoms with Gasteiger partial charge in [-0.05, 0) is 49.4 Å². The first-order valence-electron chi connectivity index (χ1n) is 8.15. The maximum absolute atomic E-state index is 9.93. The zero-order valence-electron chi connectivity index (χ0n) is 13.9. The Morgan fingerprint density at radius 2 is 1.88 bits per heavy atom. The van der Waals surface area contributed by atoms with Gasteiger partial charge in [0.2, 0.25) is 11.7 Å². The van der Waals surface area contributed by atoms with Gasteiger partial charge in [-0.3, -0.25) is 4.79 Å². The smallest absolute Gasteiger partial charge is 0.224 e. The highest BCUT2D eigenvalue weighted by atomic mass is 35.5. The summed E-state index contributed by atoms with van der Waals surface area (Å²) >= 11 is 5.72. The lowest BCUT2D eigenvalue weighted by atomic mass is 10.1. The molecule has 6 heteroatoms. The fourth-order valence-corrected chi connectivity index (χ4v) is 2.63. The number of amides is 1. The summed E-state index contributed by atoms with van der Waals surface area (Å²) in [7, 11) is 0. The quantitative estimate of drug-likeness (QED) is 0.681. The van der Waals surface area contributed by atoms with E-state index in [1.54, 1.807) is 6.20 Å². The Balaban J connectivity index is 0.000000177. The van der Waals surface area contributed by atoms with E-state index in [1.807, 2.05) is 37.3 Å². The van der Waals surface area contributed by atoms with E-state index in [2.05, 4.69) is 20.2 Å². The minimum Gasteiger partial charge on any atom is -0.356 e. The summed E-state index contributed by atoms with van der Waals surface area (Å²) in [6.07, 6.45) is 6.25. The number of piperidine rings is 1. The highest BCUT2D eigenvalue weighted by molar-refractivity contribution is 6.28. The molecule has 0 spiro atoms. The molecule has 1 saturated heterocycles. The lowest BCUT2D eigenvalue weighted by Gasteiger charge is -2.27. The molecule has 128 valence electrons. The van der Waals surface area contributed by atoms with E-state index in [4.69, 9.17) is 11.6 Å². The van der Waals surface area contributed by atoms with Gasteiger partial charge in [0.25, 0.3) is 0 Å². The topological polar surface area (TPSA) is 58.1 Å². The van der Waals surface area contributed by atoms with Crippen LogP contribution in [0.15, 0.2) is 36.5 Å². The van der Waals surface area contributed by atoms with Crippen LogP contribution in [-0.2, 0) is 11.3 Å². The second-order valence-corrected chi connectivity index (χ2v) is 6.05. The molecular formula is C18H23ClN4O. The number of halogens is 1. The van der Waals surface area contributed by atoms with Crippen molar-refractivity contribution >= 4 is 23.8 Å². The van der Waals surface area contributed by atoms with Crippen molar-refractivity contribution in [3.05, 3.63) is 52.9 Å². The average molecular weight is 347 g/mol. The van der Waals surface area contributed by atoms with E-state index in [0.717, 1.165) is 24.5 Å². The molecule has 1 aliphatic heterocycles. The average Bonchev–Trinajstić information content (AvgIpc) is 2.63. The van der Waals surface area contributed by atoms with Crippen molar-refractivity contribution in [2.75, 3.05) is 18.0 Å². The molecular weight excluding hydrogens is 324 g/mol. The summed E-state index contributed by atoms with van der Waals surface area (Å²) in [4.78, 5) is 20.2. The van der Waals surface area contributed by atoms with Crippen LogP contribution in [0.25, 0.3) is 0 Å². The molecule has 1 amide bonds. The van der Waals surface area contributed by atoms with Gasteiger partial charge in [0, 0.05) is 25.8 Å². The molecule has 0 bridgehead atoms. The van der Waals surface area contributed by atoms with Crippen LogP contribution in [0.5, 0.6) is 0 Å². The number of nitrogens with zero attached hydrogens (tertiary/aromatic N) is 3. The Morgan fingerprint density at radius 3 is 2.50 bits per heavy atom. The first kappa shape index (κ1) is 18.2. The summed E-state index contributed by atoms with van der Waals surface area (Å²) in [6.45, 7) is 4.83. The van der Waals surface area contributed by atoms with Crippen molar-refractivity contribution in [1.82, 2.24) is 15.3 Å². The number of benzene rings is 1. The monoisotopic (exact) mass is 346 g/mol. The predicted octanol–water partition coefficient (Wildman–Crippen LogP) is 3.36. The number of rotatable bonds is 4. The molecule has 5 nitrogen and oxygen atoms in total. The highest BCUT2D eigenvalue weighted by Crippen LogP contribution is 2.17. The molecule has 24 heavy (non-hydrogen) atoms. The van der Waals surface area contributed by atoms with Crippen LogP contribution in [0, 0.1) is 6.92 Å². The minimum atomic E-state index is 0.336. The molecule has 1 aromatic carbocycles. The van der Waals surface area contributed by atoms with Crippen molar-refractivity contribution in [1.29, 1.82) is 0 Å². The maximum Gasteiger partial charge on any atom is 0.224 e. The lowest BCUT2D eigenvalue weighted by Crippen LogP contribution is -2.30. The largest absolute Gasteiger partial charge is 0.356 e. The van der Waals surface area contributed by atoms with E-state index in [1.165, 1.54) is 24.8 Å². The Bertz CT molecular complexity index is 627. The molecule has 2 heterocycles. The third-order valence-corrected chi connectivity index (χ3v) is 3.98. The third kappa shape index (κ3) is 6.16. The molecule has 0 saturated carbocycles. The number of nitrogens with one attached hydrogen (secondary N) is 1. The number of hydrogen-bond donors (Lipinski definition) is 1. The summed E-state index contributed by atoms with van der Waals surface area (Å²) < 4.78 is 0. The van der Waals surface area contributed by atoms with Gasteiger partial charge < -0.3 is 10.2 Å². The number of carbonyl (C=O) groups is 1. The summed E-state index contributed by atoms with van der Waals surface area (Å²) in [5.74, 6) is 0.958. The summed E-state index contributed by atoms with van der Waals surface area (Å²) in [5.41, 5.74) is 2.36. The SMILES string of the molecule is Cc1ccc(CNC=O)cc1.Clc1nccc(N2CCCCC2)n1.